The predicted molar refractivity (Wildman–Crippen MR) is 75.6 cm³/mol. The van der Waals surface area contributed by atoms with Crippen LogP contribution in [0.5, 0.6) is 0 Å². The van der Waals surface area contributed by atoms with E-state index in [4.69, 9.17) is 0 Å². The van der Waals surface area contributed by atoms with Gasteiger partial charge in [-0.3, -0.25) is 9.78 Å². The molecule has 2 aromatic heterocycles. The topological polar surface area (TPSA) is 80.0 Å². The van der Waals surface area contributed by atoms with Crippen LogP contribution in [-0.2, 0) is 4.79 Å². The van der Waals surface area contributed by atoms with Gasteiger partial charge in [0.1, 0.15) is 24.5 Å². The second-order valence-electron chi connectivity index (χ2n) is 4.93. The molecular formula is C13H17N7O. The van der Waals surface area contributed by atoms with E-state index in [1.54, 1.807) is 29.6 Å². The number of anilines is 1. The number of carbonyl (C=O) groups is 1. The van der Waals surface area contributed by atoms with Crippen molar-refractivity contribution in [3.63, 3.8) is 0 Å². The summed E-state index contributed by atoms with van der Waals surface area (Å²) in [7, 11) is 0. The number of carbonyl (C=O) groups excluding carboxylic acids is 1. The van der Waals surface area contributed by atoms with Crippen LogP contribution in [0.2, 0.25) is 0 Å². The van der Waals surface area contributed by atoms with E-state index >= 15 is 0 Å². The normalized spacial score (nSPS) is 16.8. The molecule has 0 unspecified atom stereocenters. The molecule has 2 aromatic rings. The number of hydrogen-bond donors (Lipinski definition) is 0. The monoisotopic (exact) mass is 287 g/mol. The zero-order valence-corrected chi connectivity index (χ0v) is 11.8. The fourth-order valence-electron chi connectivity index (χ4n) is 2.41. The minimum Gasteiger partial charge on any atom is -0.352 e. The fourth-order valence-corrected chi connectivity index (χ4v) is 2.41. The molecule has 0 aliphatic carbocycles. The molecule has 1 aliphatic heterocycles. The Hall–Kier alpha value is -2.51. The van der Waals surface area contributed by atoms with Crippen molar-refractivity contribution in [3.8, 4) is 0 Å². The highest BCUT2D eigenvalue weighted by molar-refractivity contribution is 5.80. The summed E-state index contributed by atoms with van der Waals surface area (Å²) in [4.78, 5) is 28.7. The molecule has 1 saturated heterocycles. The Morgan fingerprint density at radius 3 is 2.62 bits per heavy atom. The van der Waals surface area contributed by atoms with Crippen LogP contribution in [0.4, 0.5) is 5.82 Å². The summed E-state index contributed by atoms with van der Waals surface area (Å²) in [5.41, 5.74) is 0. The van der Waals surface area contributed by atoms with Gasteiger partial charge in [-0.15, -0.1) is 0 Å². The number of piperazine rings is 1. The van der Waals surface area contributed by atoms with E-state index in [0.29, 0.717) is 13.1 Å². The lowest BCUT2D eigenvalue weighted by atomic mass is 10.2. The van der Waals surface area contributed by atoms with Gasteiger partial charge in [0.25, 0.3) is 0 Å². The summed E-state index contributed by atoms with van der Waals surface area (Å²) in [6.45, 7) is 4.71. The first-order valence-corrected chi connectivity index (χ1v) is 6.89. The third kappa shape index (κ3) is 2.83. The minimum absolute atomic E-state index is 0.0688. The largest absolute Gasteiger partial charge is 0.352 e. The van der Waals surface area contributed by atoms with E-state index in [-0.39, 0.29) is 11.9 Å². The average molecular weight is 287 g/mol. The lowest BCUT2D eigenvalue weighted by Crippen LogP contribution is -2.50. The van der Waals surface area contributed by atoms with Crippen LogP contribution < -0.4 is 4.90 Å². The molecule has 0 N–H and O–H groups in total. The first-order chi connectivity index (χ1) is 10.3. The molecule has 0 saturated carbocycles. The highest BCUT2D eigenvalue weighted by atomic mass is 16.2. The molecule has 1 aliphatic rings. The third-order valence-electron chi connectivity index (χ3n) is 3.66. The van der Waals surface area contributed by atoms with Gasteiger partial charge in [-0.1, -0.05) is 0 Å². The molecule has 0 aromatic carbocycles. The average Bonchev–Trinajstić information content (AvgIpc) is 3.09. The van der Waals surface area contributed by atoms with Crippen LogP contribution in [0, 0.1) is 0 Å². The first kappa shape index (κ1) is 13.5. The van der Waals surface area contributed by atoms with Crippen LogP contribution in [0.3, 0.4) is 0 Å². The summed E-state index contributed by atoms with van der Waals surface area (Å²) in [6, 6.07) is -0.324. The molecule has 3 heterocycles. The smallest absolute Gasteiger partial charge is 0.247 e. The van der Waals surface area contributed by atoms with Gasteiger partial charge in [0.15, 0.2) is 0 Å². The summed E-state index contributed by atoms with van der Waals surface area (Å²) in [5, 5.41) is 4.02. The maximum absolute atomic E-state index is 12.4. The van der Waals surface area contributed by atoms with Crippen molar-refractivity contribution in [2.45, 2.75) is 13.0 Å². The minimum atomic E-state index is -0.324. The van der Waals surface area contributed by atoms with E-state index in [1.807, 2.05) is 11.8 Å². The lowest BCUT2D eigenvalue weighted by Gasteiger charge is -2.36. The van der Waals surface area contributed by atoms with Crippen molar-refractivity contribution in [3.05, 3.63) is 31.2 Å². The second-order valence-corrected chi connectivity index (χ2v) is 4.93. The molecule has 8 heteroatoms. The van der Waals surface area contributed by atoms with Crippen molar-refractivity contribution in [1.29, 1.82) is 0 Å². The van der Waals surface area contributed by atoms with Gasteiger partial charge >= 0.3 is 0 Å². The highest BCUT2D eigenvalue weighted by Gasteiger charge is 2.26. The fraction of sp³-hybridized carbons (Fsp3) is 0.462. The molecule has 1 atom stereocenters. The molecule has 1 fully saturated rings. The third-order valence-corrected chi connectivity index (χ3v) is 3.66. The molecule has 110 valence electrons. The van der Waals surface area contributed by atoms with Gasteiger partial charge in [-0.2, -0.15) is 5.10 Å². The van der Waals surface area contributed by atoms with E-state index < -0.39 is 0 Å². The molecule has 21 heavy (non-hydrogen) atoms. The zero-order valence-electron chi connectivity index (χ0n) is 11.8. The predicted octanol–water partition coefficient (Wildman–Crippen LogP) is -0.0221. The van der Waals surface area contributed by atoms with Crippen molar-refractivity contribution in [2.75, 3.05) is 31.1 Å². The van der Waals surface area contributed by atoms with E-state index in [2.05, 4.69) is 25.0 Å². The van der Waals surface area contributed by atoms with Crippen LogP contribution >= 0.6 is 0 Å². The van der Waals surface area contributed by atoms with Crippen molar-refractivity contribution in [2.24, 2.45) is 0 Å². The number of hydrogen-bond acceptors (Lipinski definition) is 6. The maximum Gasteiger partial charge on any atom is 0.247 e. The van der Waals surface area contributed by atoms with Gasteiger partial charge < -0.3 is 9.80 Å². The quantitative estimate of drug-likeness (QED) is 0.789. The number of amides is 1. The number of aromatic nitrogens is 5. The molecule has 1 amide bonds. The van der Waals surface area contributed by atoms with Crippen LogP contribution in [0.1, 0.15) is 13.0 Å². The Kier molecular flexibility index (Phi) is 3.76. The highest BCUT2D eigenvalue weighted by Crippen LogP contribution is 2.14. The van der Waals surface area contributed by atoms with E-state index in [0.717, 1.165) is 18.9 Å². The van der Waals surface area contributed by atoms with Gasteiger partial charge in [0, 0.05) is 38.6 Å². The summed E-state index contributed by atoms with van der Waals surface area (Å²) < 4.78 is 1.58. The molecule has 8 nitrogen and oxygen atoms in total. The molecule has 0 spiro atoms. The van der Waals surface area contributed by atoms with Crippen molar-refractivity contribution >= 4 is 11.7 Å². The molecular weight excluding hydrogens is 270 g/mol. The first-order valence-electron chi connectivity index (χ1n) is 6.89. The number of rotatable bonds is 3. The zero-order chi connectivity index (χ0) is 14.7. The van der Waals surface area contributed by atoms with Gasteiger partial charge in [-0.05, 0) is 6.92 Å². The molecule has 0 bridgehead atoms. The molecule has 3 rings (SSSR count). The SMILES string of the molecule is C[C@@H](C(=O)N1CCN(c2cnccn2)CC1)n1cncn1. The van der Waals surface area contributed by atoms with Crippen LogP contribution in [-0.4, -0.2) is 61.7 Å². The number of nitrogens with zero attached hydrogens (tertiary/aromatic N) is 7. The molecule has 0 radical (unpaired) electrons. The Morgan fingerprint density at radius 2 is 2.00 bits per heavy atom. The Bertz CT molecular complexity index is 578. The van der Waals surface area contributed by atoms with Gasteiger partial charge in [-0.25, -0.2) is 14.6 Å². The van der Waals surface area contributed by atoms with Gasteiger partial charge in [0.2, 0.25) is 5.91 Å². The standard InChI is InChI=1S/C13H17N7O/c1-11(20-10-15-9-17-20)13(21)19-6-4-18(5-7-19)12-8-14-2-3-16-12/h2-3,8-11H,4-7H2,1H3/t11-/m0/s1. The maximum atomic E-state index is 12.4. The Balaban J connectivity index is 1.59. The summed E-state index contributed by atoms with van der Waals surface area (Å²) in [6.07, 6.45) is 8.09. The second kappa shape index (κ2) is 5.86. The lowest BCUT2D eigenvalue weighted by molar-refractivity contribution is -0.134. The Labute approximate surface area is 122 Å². The van der Waals surface area contributed by atoms with E-state index in [9.17, 15) is 4.79 Å². The van der Waals surface area contributed by atoms with E-state index in [1.165, 1.54) is 6.33 Å². The van der Waals surface area contributed by atoms with Crippen molar-refractivity contribution in [1.82, 2.24) is 29.6 Å². The van der Waals surface area contributed by atoms with Gasteiger partial charge in [0.05, 0.1) is 6.20 Å². The van der Waals surface area contributed by atoms with Crippen LogP contribution in [0.25, 0.3) is 0 Å². The van der Waals surface area contributed by atoms with Crippen molar-refractivity contribution < 1.29 is 4.79 Å². The summed E-state index contributed by atoms with van der Waals surface area (Å²) in [5.74, 6) is 0.924. The Morgan fingerprint density at radius 1 is 1.19 bits per heavy atom. The summed E-state index contributed by atoms with van der Waals surface area (Å²) >= 11 is 0. The van der Waals surface area contributed by atoms with Crippen LogP contribution in [0.15, 0.2) is 31.2 Å².